The molecule has 0 heterocycles. The maximum Gasteiger partial charge on any atom is 0.306 e. The zero-order valence-corrected chi connectivity index (χ0v) is 27.5. The Hall–Kier alpha value is -0.960. The number of unbranched alkanes of at least 4 members (excludes halogenated alkanes) is 10. The Morgan fingerprint density at radius 1 is 0.875 bits per heavy atom. The molecule has 0 aromatic rings. The first-order valence-corrected chi connectivity index (χ1v) is 16.9. The molecular formula is C32H63N3O4S. The number of ether oxygens (including phenoxy) is 3. The number of hydrogen-bond donors (Lipinski definition) is 2. The molecule has 236 valence electrons. The van der Waals surface area contributed by atoms with Crippen LogP contribution in [-0.2, 0) is 19.0 Å². The van der Waals surface area contributed by atoms with E-state index in [0.717, 1.165) is 45.2 Å². The smallest absolute Gasteiger partial charge is 0.306 e. The van der Waals surface area contributed by atoms with Crippen LogP contribution < -0.4 is 10.6 Å². The van der Waals surface area contributed by atoms with Crippen LogP contribution in [0.1, 0.15) is 130 Å². The first-order chi connectivity index (χ1) is 19.3. The van der Waals surface area contributed by atoms with E-state index >= 15 is 0 Å². The summed E-state index contributed by atoms with van der Waals surface area (Å²) in [6, 6.07) is 0.218. The van der Waals surface area contributed by atoms with Crippen molar-refractivity contribution in [3.05, 3.63) is 0 Å². The molecule has 2 N–H and O–H groups in total. The van der Waals surface area contributed by atoms with E-state index < -0.39 is 0 Å². The molecule has 0 amide bonds. The van der Waals surface area contributed by atoms with Crippen LogP contribution >= 0.6 is 12.2 Å². The average Bonchev–Trinajstić information content (AvgIpc) is 2.89. The standard InChI is InChI=1S/C32H63N3O4S/c1-6-8-10-12-14-16-22-37-31(38-23-17-15-13-11-9-7-2)19-18-30(36)39-29-25-27(3)24-28(26-29)34-32(40)33-20-21-35(4)5/h27-29,31H,6-26H2,1-5H3,(H2,33,34,40). The molecule has 0 saturated heterocycles. The summed E-state index contributed by atoms with van der Waals surface area (Å²) in [7, 11) is 4.09. The number of nitrogens with zero attached hydrogens (tertiary/aromatic N) is 1. The average molecular weight is 586 g/mol. The second-order valence-corrected chi connectivity index (χ2v) is 12.5. The summed E-state index contributed by atoms with van der Waals surface area (Å²) < 4.78 is 18.1. The van der Waals surface area contributed by atoms with E-state index in [0.29, 0.717) is 37.1 Å². The van der Waals surface area contributed by atoms with Gasteiger partial charge in [-0.3, -0.25) is 4.79 Å². The summed E-state index contributed by atoms with van der Waals surface area (Å²) in [4.78, 5) is 14.9. The van der Waals surface area contributed by atoms with E-state index in [1.807, 2.05) is 14.1 Å². The van der Waals surface area contributed by atoms with E-state index in [1.54, 1.807) is 0 Å². The molecule has 1 saturated carbocycles. The third kappa shape index (κ3) is 20.8. The highest BCUT2D eigenvalue weighted by atomic mass is 32.1. The van der Waals surface area contributed by atoms with Gasteiger partial charge in [0.1, 0.15) is 6.10 Å². The number of esters is 1. The van der Waals surface area contributed by atoms with Crippen LogP contribution in [-0.4, -0.2) is 74.8 Å². The normalized spacial score (nSPS) is 19.2. The quantitative estimate of drug-likeness (QED) is 0.0544. The largest absolute Gasteiger partial charge is 0.462 e. The highest BCUT2D eigenvalue weighted by molar-refractivity contribution is 7.80. The van der Waals surface area contributed by atoms with Gasteiger partial charge in [0.2, 0.25) is 0 Å². The third-order valence-electron chi connectivity index (χ3n) is 7.56. The van der Waals surface area contributed by atoms with Crippen LogP contribution in [0.25, 0.3) is 0 Å². The number of thiocarbonyl (C=S) groups is 1. The fraction of sp³-hybridized carbons (Fsp3) is 0.938. The summed E-state index contributed by atoms with van der Waals surface area (Å²) >= 11 is 5.49. The van der Waals surface area contributed by atoms with Crippen molar-refractivity contribution in [2.75, 3.05) is 40.4 Å². The minimum atomic E-state index is -0.329. The molecule has 0 bridgehead atoms. The molecule has 7 nitrogen and oxygen atoms in total. The number of carbonyl (C=O) groups excluding carboxylic acids is 1. The molecule has 0 aliphatic heterocycles. The molecule has 0 radical (unpaired) electrons. The third-order valence-corrected chi connectivity index (χ3v) is 7.83. The Balaban J connectivity index is 2.42. The number of likely N-dealkylation sites (N-methyl/N-ethyl adjacent to an activating group) is 1. The lowest BCUT2D eigenvalue weighted by atomic mass is 9.85. The minimum Gasteiger partial charge on any atom is -0.462 e. The van der Waals surface area contributed by atoms with Gasteiger partial charge in [-0.2, -0.15) is 0 Å². The predicted octanol–water partition coefficient (Wildman–Crippen LogP) is 6.97. The van der Waals surface area contributed by atoms with Crippen molar-refractivity contribution in [2.45, 2.75) is 148 Å². The lowest BCUT2D eigenvalue weighted by Gasteiger charge is -2.34. The van der Waals surface area contributed by atoms with E-state index in [9.17, 15) is 4.79 Å². The van der Waals surface area contributed by atoms with Crippen molar-refractivity contribution in [3.8, 4) is 0 Å². The van der Waals surface area contributed by atoms with Crippen LogP contribution in [0.3, 0.4) is 0 Å². The maximum atomic E-state index is 12.8. The summed E-state index contributed by atoms with van der Waals surface area (Å²) in [6.45, 7) is 9.82. The SMILES string of the molecule is CCCCCCCCOC(CCC(=O)OC1CC(C)CC(NC(=S)NCCN(C)C)C1)OCCCCCCCC. The van der Waals surface area contributed by atoms with Crippen LogP contribution in [0, 0.1) is 5.92 Å². The summed E-state index contributed by atoms with van der Waals surface area (Å²) in [5.41, 5.74) is 0. The highest BCUT2D eigenvalue weighted by Crippen LogP contribution is 2.27. The Bertz CT molecular complexity index is 619. The minimum absolute atomic E-state index is 0.0788. The number of carbonyl (C=O) groups is 1. The number of rotatable bonds is 24. The van der Waals surface area contributed by atoms with Gasteiger partial charge in [-0.05, 0) is 57.9 Å². The first kappa shape index (κ1) is 37.1. The molecule has 40 heavy (non-hydrogen) atoms. The van der Waals surface area contributed by atoms with Gasteiger partial charge >= 0.3 is 5.97 Å². The zero-order valence-electron chi connectivity index (χ0n) is 26.6. The van der Waals surface area contributed by atoms with Crippen molar-refractivity contribution in [1.29, 1.82) is 0 Å². The topological polar surface area (TPSA) is 72.1 Å². The Kier molecular flexibility index (Phi) is 22.8. The van der Waals surface area contributed by atoms with Gasteiger partial charge in [0.05, 0.1) is 6.42 Å². The van der Waals surface area contributed by atoms with E-state index in [1.165, 1.54) is 64.2 Å². The van der Waals surface area contributed by atoms with Crippen LogP contribution in [0.15, 0.2) is 0 Å². The zero-order chi connectivity index (χ0) is 29.4. The van der Waals surface area contributed by atoms with Gasteiger partial charge in [0.15, 0.2) is 11.4 Å². The fourth-order valence-electron chi connectivity index (χ4n) is 5.27. The highest BCUT2D eigenvalue weighted by Gasteiger charge is 2.29. The van der Waals surface area contributed by atoms with Gasteiger partial charge in [0.25, 0.3) is 0 Å². The summed E-state index contributed by atoms with van der Waals surface area (Å²) in [6.07, 6.45) is 17.9. The molecule has 1 aliphatic carbocycles. The van der Waals surface area contributed by atoms with Crippen molar-refractivity contribution in [3.63, 3.8) is 0 Å². The van der Waals surface area contributed by atoms with E-state index in [2.05, 4.69) is 36.3 Å². The fourth-order valence-corrected chi connectivity index (χ4v) is 5.54. The van der Waals surface area contributed by atoms with E-state index in [-0.39, 0.29) is 24.4 Å². The molecule has 8 heteroatoms. The number of hydrogen-bond acceptors (Lipinski definition) is 6. The van der Waals surface area contributed by atoms with Gasteiger partial charge in [0, 0.05) is 45.2 Å². The van der Waals surface area contributed by atoms with Crippen LogP contribution in [0.2, 0.25) is 0 Å². The molecular weight excluding hydrogens is 522 g/mol. The second-order valence-electron chi connectivity index (χ2n) is 12.1. The van der Waals surface area contributed by atoms with Crippen LogP contribution in [0.4, 0.5) is 0 Å². The maximum absolute atomic E-state index is 12.8. The Labute approximate surface area is 252 Å². The van der Waals surface area contributed by atoms with E-state index in [4.69, 9.17) is 26.4 Å². The van der Waals surface area contributed by atoms with Crippen molar-refractivity contribution in [2.24, 2.45) is 5.92 Å². The summed E-state index contributed by atoms with van der Waals surface area (Å²) in [5, 5.41) is 7.39. The van der Waals surface area contributed by atoms with Gasteiger partial charge in [-0.1, -0.05) is 85.0 Å². The molecule has 3 atom stereocenters. The lowest BCUT2D eigenvalue weighted by molar-refractivity contribution is -0.164. The second kappa shape index (κ2) is 24.6. The van der Waals surface area contributed by atoms with Crippen molar-refractivity contribution in [1.82, 2.24) is 15.5 Å². The first-order valence-electron chi connectivity index (χ1n) is 16.5. The molecule has 0 aromatic heterocycles. The van der Waals surface area contributed by atoms with Crippen molar-refractivity contribution < 1.29 is 19.0 Å². The molecule has 1 fully saturated rings. The van der Waals surface area contributed by atoms with Crippen LogP contribution in [0.5, 0.6) is 0 Å². The molecule has 1 rings (SSSR count). The van der Waals surface area contributed by atoms with Crippen molar-refractivity contribution >= 4 is 23.3 Å². The van der Waals surface area contributed by atoms with Gasteiger partial charge < -0.3 is 29.7 Å². The molecule has 0 aromatic carbocycles. The predicted molar refractivity (Wildman–Crippen MR) is 171 cm³/mol. The Morgan fingerprint density at radius 2 is 1.45 bits per heavy atom. The van der Waals surface area contributed by atoms with Gasteiger partial charge in [-0.15, -0.1) is 0 Å². The molecule has 0 spiro atoms. The number of nitrogens with one attached hydrogen (secondary N) is 2. The lowest BCUT2D eigenvalue weighted by Crippen LogP contribution is -2.47. The van der Waals surface area contributed by atoms with Gasteiger partial charge in [-0.25, -0.2) is 0 Å². The monoisotopic (exact) mass is 585 g/mol. The molecule has 1 aliphatic rings. The molecule has 3 unspecified atom stereocenters. The summed E-state index contributed by atoms with van der Waals surface area (Å²) in [5.74, 6) is 0.323. The Morgan fingerprint density at radius 3 is 2.02 bits per heavy atom.